The predicted octanol–water partition coefficient (Wildman–Crippen LogP) is 2.69. The van der Waals surface area contributed by atoms with Crippen LogP contribution in [0.15, 0.2) is 23.6 Å². The molecule has 0 saturated heterocycles. The van der Waals surface area contributed by atoms with Crippen molar-refractivity contribution in [1.29, 1.82) is 0 Å². The molecule has 0 aliphatic heterocycles. The van der Waals surface area contributed by atoms with Gasteiger partial charge in [-0.3, -0.25) is 9.48 Å². The maximum absolute atomic E-state index is 12.7. The average Bonchev–Trinajstić information content (AvgIpc) is 3.20. The van der Waals surface area contributed by atoms with Gasteiger partial charge in [-0.2, -0.15) is 5.10 Å². The lowest BCUT2D eigenvalue weighted by atomic mass is 10.1. The fourth-order valence-electron chi connectivity index (χ4n) is 2.73. The fourth-order valence-corrected chi connectivity index (χ4v) is 3.42. The van der Waals surface area contributed by atoms with Crippen LogP contribution in [0.2, 0.25) is 0 Å². The minimum Gasteiger partial charge on any atom is -0.452 e. The van der Waals surface area contributed by atoms with Gasteiger partial charge < -0.3 is 10.1 Å². The third-order valence-electron chi connectivity index (χ3n) is 3.75. The molecule has 0 aliphatic rings. The molecular weight excluding hydrogens is 352 g/mol. The molecule has 0 atom stereocenters. The van der Waals surface area contributed by atoms with Gasteiger partial charge in [-0.05, 0) is 38.3 Å². The van der Waals surface area contributed by atoms with Crippen LogP contribution < -0.4 is 5.32 Å². The van der Waals surface area contributed by atoms with Gasteiger partial charge in [0.25, 0.3) is 5.91 Å². The molecule has 0 spiro atoms. The lowest BCUT2D eigenvalue weighted by Crippen LogP contribution is -2.34. The molecule has 3 aromatic heterocycles. The van der Waals surface area contributed by atoms with Gasteiger partial charge in [0, 0.05) is 13.1 Å². The van der Waals surface area contributed by atoms with Crippen LogP contribution in [0.4, 0.5) is 0 Å². The molecule has 1 N–H and O–H groups in total. The Labute approximate surface area is 155 Å². The summed E-state index contributed by atoms with van der Waals surface area (Å²) in [4.78, 5) is 30.0. The number of nitrogens with one attached hydrogen (secondary N) is 1. The molecule has 8 heteroatoms. The van der Waals surface area contributed by atoms with Crippen LogP contribution in [0, 0.1) is 6.92 Å². The number of pyridine rings is 1. The van der Waals surface area contributed by atoms with Crippen LogP contribution in [-0.2, 0) is 16.6 Å². The molecule has 1 amide bonds. The number of rotatable bonds is 5. The second-order valence-corrected chi connectivity index (χ2v) is 7.19. The van der Waals surface area contributed by atoms with E-state index in [0.29, 0.717) is 28.0 Å². The zero-order valence-corrected chi connectivity index (χ0v) is 15.9. The molecule has 3 aromatic rings. The third kappa shape index (κ3) is 3.60. The summed E-state index contributed by atoms with van der Waals surface area (Å²) in [5.74, 6) is -0.898. The molecule has 0 aliphatic carbocycles. The van der Waals surface area contributed by atoms with Gasteiger partial charge >= 0.3 is 5.97 Å². The molecule has 0 aromatic carbocycles. The van der Waals surface area contributed by atoms with Crippen molar-refractivity contribution in [3.8, 4) is 10.6 Å². The number of carbonyl (C=O) groups is 2. The number of esters is 1. The average molecular weight is 372 g/mol. The highest BCUT2D eigenvalue weighted by atomic mass is 32.1. The summed E-state index contributed by atoms with van der Waals surface area (Å²) in [6.07, 6.45) is 0. The summed E-state index contributed by atoms with van der Waals surface area (Å²) in [6, 6.07) is 5.55. The third-order valence-corrected chi connectivity index (χ3v) is 4.64. The molecule has 0 bridgehead atoms. The van der Waals surface area contributed by atoms with Gasteiger partial charge in [0.1, 0.15) is 0 Å². The Balaban J connectivity index is 1.98. The van der Waals surface area contributed by atoms with Crippen molar-refractivity contribution in [3.63, 3.8) is 0 Å². The van der Waals surface area contributed by atoms with E-state index >= 15 is 0 Å². The Hall–Kier alpha value is -2.74. The summed E-state index contributed by atoms with van der Waals surface area (Å²) >= 11 is 1.53. The molecule has 3 heterocycles. The van der Waals surface area contributed by atoms with E-state index in [1.165, 1.54) is 11.3 Å². The zero-order valence-electron chi connectivity index (χ0n) is 15.1. The lowest BCUT2D eigenvalue weighted by molar-refractivity contribution is -0.124. The lowest BCUT2D eigenvalue weighted by Gasteiger charge is -2.10. The topological polar surface area (TPSA) is 86.1 Å². The van der Waals surface area contributed by atoms with Gasteiger partial charge in [0.2, 0.25) is 0 Å². The van der Waals surface area contributed by atoms with E-state index in [0.717, 1.165) is 4.88 Å². The number of aryl methyl sites for hydroxylation is 2. The summed E-state index contributed by atoms with van der Waals surface area (Å²) < 4.78 is 6.87. The number of hydrogen-bond donors (Lipinski definition) is 1. The van der Waals surface area contributed by atoms with Crippen LogP contribution >= 0.6 is 11.3 Å². The van der Waals surface area contributed by atoms with Crippen molar-refractivity contribution in [2.45, 2.75) is 26.8 Å². The molecule has 0 unspecified atom stereocenters. The van der Waals surface area contributed by atoms with Gasteiger partial charge in [-0.25, -0.2) is 9.78 Å². The standard InChI is InChI=1S/C18H20N4O3S/c1-10(2)19-15(23)9-25-18(24)12-8-13(14-6-5-7-26-14)20-17-16(12)11(3)21-22(17)4/h5-8,10H,9H2,1-4H3,(H,19,23). The Bertz CT molecular complexity index is 961. The molecule has 26 heavy (non-hydrogen) atoms. The molecule has 0 radical (unpaired) electrons. The Morgan fingerprint density at radius 2 is 2.15 bits per heavy atom. The Morgan fingerprint density at radius 3 is 2.81 bits per heavy atom. The van der Waals surface area contributed by atoms with E-state index in [4.69, 9.17) is 4.74 Å². The molecule has 7 nitrogen and oxygen atoms in total. The number of amides is 1. The Kier molecular flexibility index (Phi) is 5.03. The highest BCUT2D eigenvalue weighted by Crippen LogP contribution is 2.29. The Morgan fingerprint density at radius 1 is 1.38 bits per heavy atom. The number of carbonyl (C=O) groups excluding carboxylic acids is 2. The second-order valence-electron chi connectivity index (χ2n) is 6.24. The number of hydrogen-bond acceptors (Lipinski definition) is 6. The largest absolute Gasteiger partial charge is 0.452 e. The maximum Gasteiger partial charge on any atom is 0.339 e. The summed E-state index contributed by atoms with van der Waals surface area (Å²) in [7, 11) is 1.78. The first kappa shape index (κ1) is 18.1. The van der Waals surface area contributed by atoms with Crippen molar-refractivity contribution < 1.29 is 14.3 Å². The van der Waals surface area contributed by atoms with E-state index in [2.05, 4.69) is 15.4 Å². The van der Waals surface area contributed by atoms with Crippen LogP contribution in [0.3, 0.4) is 0 Å². The maximum atomic E-state index is 12.7. The predicted molar refractivity (Wildman–Crippen MR) is 100 cm³/mol. The van der Waals surface area contributed by atoms with Crippen LogP contribution in [0.5, 0.6) is 0 Å². The number of ether oxygens (including phenoxy) is 1. The quantitative estimate of drug-likeness (QED) is 0.696. The normalized spacial score (nSPS) is 11.1. The van der Waals surface area contributed by atoms with Crippen LogP contribution in [0.1, 0.15) is 29.9 Å². The SMILES string of the molecule is Cc1nn(C)c2nc(-c3cccs3)cc(C(=O)OCC(=O)NC(C)C)c12. The van der Waals surface area contributed by atoms with Crippen molar-refractivity contribution in [1.82, 2.24) is 20.1 Å². The fraction of sp³-hybridized carbons (Fsp3) is 0.333. The van der Waals surface area contributed by atoms with E-state index in [-0.39, 0.29) is 18.6 Å². The van der Waals surface area contributed by atoms with Gasteiger partial charge in [-0.15, -0.1) is 11.3 Å². The van der Waals surface area contributed by atoms with Gasteiger partial charge in [-0.1, -0.05) is 6.07 Å². The number of aromatic nitrogens is 3. The molecule has 3 rings (SSSR count). The number of nitrogens with zero attached hydrogens (tertiary/aromatic N) is 3. The van der Waals surface area contributed by atoms with E-state index in [1.807, 2.05) is 38.3 Å². The minimum atomic E-state index is -0.565. The van der Waals surface area contributed by atoms with E-state index in [9.17, 15) is 9.59 Å². The highest BCUT2D eigenvalue weighted by molar-refractivity contribution is 7.13. The van der Waals surface area contributed by atoms with Crippen molar-refractivity contribution in [2.24, 2.45) is 7.05 Å². The summed E-state index contributed by atoms with van der Waals surface area (Å²) in [5, 5.41) is 9.64. The first-order valence-electron chi connectivity index (χ1n) is 8.21. The van der Waals surface area contributed by atoms with Crippen molar-refractivity contribution >= 4 is 34.2 Å². The number of fused-ring (bicyclic) bond motifs is 1. The zero-order chi connectivity index (χ0) is 18.8. The first-order chi connectivity index (χ1) is 12.4. The monoisotopic (exact) mass is 372 g/mol. The van der Waals surface area contributed by atoms with E-state index < -0.39 is 5.97 Å². The van der Waals surface area contributed by atoms with Crippen molar-refractivity contribution in [3.05, 3.63) is 34.8 Å². The summed E-state index contributed by atoms with van der Waals surface area (Å²) in [6.45, 7) is 5.18. The smallest absolute Gasteiger partial charge is 0.339 e. The van der Waals surface area contributed by atoms with Crippen molar-refractivity contribution in [2.75, 3.05) is 6.61 Å². The van der Waals surface area contributed by atoms with Gasteiger partial charge in [0.15, 0.2) is 12.3 Å². The molecular formula is C18H20N4O3S. The van der Waals surface area contributed by atoms with Crippen LogP contribution in [-0.4, -0.2) is 39.3 Å². The molecule has 136 valence electrons. The van der Waals surface area contributed by atoms with E-state index in [1.54, 1.807) is 17.8 Å². The first-order valence-corrected chi connectivity index (χ1v) is 9.09. The molecule has 0 saturated carbocycles. The minimum absolute atomic E-state index is 0.0140. The number of thiophene rings is 1. The summed E-state index contributed by atoms with van der Waals surface area (Å²) in [5.41, 5.74) is 2.33. The highest BCUT2D eigenvalue weighted by Gasteiger charge is 2.21. The molecule has 0 fully saturated rings. The van der Waals surface area contributed by atoms with Gasteiger partial charge in [0.05, 0.1) is 27.2 Å². The second kappa shape index (κ2) is 7.25. The van der Waals surface area contributed by atoms with Crippen LogP contribution in [0.25, 0.3) is 21.6 Å².